The second-order valence-corrected chi connectivity index (χ2v) is 5.44. The number of benzene rings is 1. The van der Waals surface area contributed by atoms with Crippen molar-refractivity contribution in [3.05, 3.63) is 71.3 Å². The molecule has 1 amide bonds. The van der Waals surface area contributed by atoms with E-state index in [9.17, 15) is 23.1 Å². The Morgan fingerprint density at radius 2 is 1.85 bits per heavy atom. The molecule has 0 aliphatic carbocycles. The Labute approximate surface area is 151 Å². The third-order valence-corrected chi connectivity index (χ3v) is 3.66. The summed E-state index contributed by atoms with van der Waals surface area (Å²) in [5.74, 6) is -4.75. The van der Waals surface area contributed by atoms with Crippen LogP contribution >= 0.6 is 0 Å². The van der Waals surface area contributed by atoms with Gasteiger partial charge in [0.15, 0.2) is 17.5 Å². The molecule has 138 valence electrons. The van der Waals surface area contributed by atoms with Crippen molar-refractivity contribution in [3.8, 4) is 11.3 Å². The third-order valence-electron chi connectivity index (χ3n) is 3.66. The van der Waals surface area contributed by atoms with E-state index in [0.717, 1.165) is 24.3 Å². The summed E-state index contributed by atoms with van der Waals surface area (Å²) in [6.45, 7) is -0.387. The zero-order valence-electron chi connectivity index (χ0n) is 13.7. The molecule has 2 heterocycles. The average Bonchev–Trinajstić information content (AvgIpc) is 3.07. The Bertz CT molecular complexity index is 980. The quantitative estimate of drug-likeness (QED) is 0.473. The zero-order chi connectivity index (χ0) is 19.4. The lowest BCUT2D eigenvalue weighted by Gasteiger charge is -2.03. The van der Waals surface area contributed by atoms with Gasteiger partial charge in [-0.05, 0) is 35.9 Å². The van der Waals surface area contributed by atoms with Gasteiger partial charge in [-0.3, -0.25) is 14.9 Å². The fourth-order valence-electron chi connectivity index (χ4n) is 2.38. The van der Waals surface area contributed by atoms with Crippen molar-refractivity contribution in [1.29, 1.82) is 0 Å². The van der Waals surface area contributed by atoms with E-state index in [4.69, 9.17) is 0 Å². The molecule has 6 nitrogen and oxygen atoms in total. The minimum absolute atomic E-state index is 0.0222. The zero-order valence-corrected chi connectivity index (χ0v) is 13.7. The number of anilines is 1. The largest absolute Gasteiger partial charge is 0.391 e. The lowest BCUT2D eigenvalue weighted by molar-refractivity contribution is -0.111. The lowest BCUT2D eigenvalue weighted by Crippen LogP contribution is -2.10. The number of pyridine rings is 1. The van der Waals surface area contributed by atoms with Crippen LogP contribution in [0.3, 0.4) is 0 Å². The van der Waals surface area contributed by atoms with Crippen LogP contribution in [-0.2, 0) is 11.4 Å². The van der Waals surface area contributed by atoms with Crippen molar-refractivity contribution in [1.82, 2.24) is 15.2 Å². The Morgan fingerprint density at radius 1 is 1.19 bits per heavy atom. The predicted octanol–water partition coefficient (Wildman–Crippen LogP) is 3.03. The first-order valence-corrected chi connectivity index (χ1v) is 7.71. The summed E-state index contributed by atoms with van der Waals surface area (Å²) in [6, 6.07) is 4.91. The number of nitrogens with zero attached hydrogens (tertiary/aromatic N) is 2. The smallest absolute Gasteiger partial charge is 0.249 e. The fourth-order valence-corrected chi connectivity index (χ4v) is 2.38. The number of hydrogen-bond acceptors (Lipinski definition) is 4. The van der Waals surface area contributed by atoms with E-state index >= 15 is 0 Å². The maximum Gasteiger partial charge on any atom is 0.249 e. The van der Waals surface area contributed by atoms with Gasteiger partial charge in [0, 0.05) is 29.6 Å². The van der Waals surface area contributed by atoms with Crippen LogP contribution in [0.15, 0.2) is 42.7 Å². The molecule has 0 fully saturated rings. The number of carbonyl (C=O) groups is 1. The number of H-pyrrole nitrogens is 1. The van der Waals surface area contributed by atoms with Crippen LogP contribution in [0.2, 0.25) is 0 Å². The third kappa shape index (κ3) is 4.04. The predicted molar refractivity (Wildman–Crippen MR) is 91.7 cm³/mol. The van der Waals surface area contributed by atoms with Crippen molar-refractivity contribution in [2.24, 2.45) is 0 Å². The maximum absolute atomic E-state index is 13.2. The van der Waals surface area contributed by atoms with Crippen LogP contribution in [0, 0.1) is 17.5 Å². The highest BCUT2D eigenvalue weighted by Crippen LogP contribution is 2.26. The van der Waals surface area contributed by atoms with Crippen molar-refractivity contribution in [2.45, 2.75) is 6.61 Å². The molecule has 0 aliphatic rings. The number of rotatable bonds is 5. The van der Waals surface area contributed by atoms with E-state index in [1.165, 1.54) is 0 Å². The molecule has 0 bridgehead atoms. The number of amides is 1. The Kier molecular flexibility index (Phi) is 5.32. The Morgan fingerprint density at radius 3 is 2.48 bits per heavy atom. The van der Waals surface area contributed by atoms with Crippen LogP contribution < -0.4 is 5.32 Å². The van der Waals surface area contributed by atoms with E-state index in [1.54, 1.807) is 24.5 Å². The first-order chi connectivity index (χ1) is 13.0. The Hall–Kier alpha value is -3.46. The lowest BCUT2D eigenvalue weighted by atomic mass is 10.1. The highest BCUT2D eigenvalue weighted by atomic mass is 19.2. The molecule has 0 aliphatic heterocycles. The number of aromatic nitrogens is 3. The normalized spacial score (nSPS) is 11.1. The number of hydrogen-bond donors (Lipinski definition) is 3. The molecule has 9 heteroatoms. The van der Waals surface area contributed by atoms with Crippen molar-refractivity contribution >= 4 is 17.8 Å². The Balaban J connectivity index is 1.78. The van der Waals surface area contributed by atoms with Gasteiger partial charge in [0.2, 0.25) is 5.91 Å². The number of aliphatic hydroxyl groups excluding tert-OH is 1. The molecular formula is C18H13F3N4O2. The average molecular weight is 374 g/mol. The number of nitrogens with one attached hydrogen (secondary N) is 2. The van der Waals surface area contributed by atoms with E-state index in [0.29, 0.717) is 16.8 Å². The molecule has 0 atom stereocenters. The minimum Gasteiger partial charge on any atom is -0.391 e. The van der Waals surface area contributed by atoms with Gasteiger partial charge in [0.25, 0.3) is 0 Å². The fraction of sp³-hybridized carbons (Fsp3) is 0.0556. The second kappa shape index (κ2) is 7.83. The summed E-state index contributed by atoms with van der Waals surface area (Å²) < 4.78 is 39.3. The molecule has 3 N–H and O–H groups in total. The van der Waals surface area contributed by atoms with Gasteiger partial charge in [-0.1, -0.05) is 0 Å². The topological polar surface area (TPSA) is 90.9 Å². The molecule has 27 heavy (non-hydrogen) atoms. The van der Waals surface area contributed by atoms with Gasteiger partial charge >= 0.3 is 0 Å². The van der Waals surface area contributed by atoms with Gasteiger partial charge in [0.1, 0.15) is 5.82 Å². The van der Waals surface area contributed by atoms with Crippen molar-refractivity contribution < 1.29 is 23.1 Å². The number of aliphatic hydroxyl groups is 1. The van der Waals surface area contributed by atoms with Gasteiger partial charge in [-0.15, -0.1) is 0 Å². The maximum atomic E-state index is 13.2. The molecule has 3 aromatic rings. The molecule has 2 aromatic heterocycles. The van der Waals surface area contributed by atoms with E-state index in [2.05, 4.69) is 20.5 Å². The monoisotopic (exact) mass is 374 g/mol. The van der Waals surface area contributed by atoms with E-state index < -0.39 is 23.4 Å². The molecule has 1 aromatic carbocycles. The van der Waals surface area contributed by atoms with Crippen LogP contribution in [0.4, 0.5) is 19.0 Å². The first-order valence-electron chi connectivity index (χ1n) is 7.71. The van der Waals surface area contributed by atoms with Gasteiger partial charge in [0.05, 0.1) is 12.3 Å². The number of aromatic amines is 1. The highest BCUT2D eigenvalue weighted by Gasteiger charge is 2.15. The van der Waals surface area contributed by atoms with Gasteiger partial charge in [-0.2, -0.15) is 5.10 Å². The summed E-state index contributed by atoms with van der Waals surface area (Å²) in [7, 11) is 0. The van der Waals surface area contributed by atoms with Crippen LogP contribution in [0.1, 0.15) is 11.1 Å². The molecule has 0 radical (unpaired) electrons. The molecular weight excluding hydrogens is 361 g/mol. The minimum atomic E-state index is -1.58. The summed E-state index contributed by atoms with van der Waals surface area (Å²) in [5, 5.41) is 18.8. The highest BCUT2D eigenvalue weighted by molar-refractivity contribution is 6.02. The van der Waals surface area contributed by atoms with Crippen LogP contribution in [0.25, 0.3) is 17.3 Å². The summed E-state index contributed by atoms with van der Waals surface area (Å²) in [5.41, 5.74) is 1.48. The molecule has 0 saturated heterocycles. The molecule has 0 spiro atoms. The summed E-state index contributed by atoms with van der Waals surface area (Å²) >= 11 is 0. The van der Waals surface area contributed by atoms with Gasteiger partial charge < -0.3 is 10.4 Å². The molecule has 0 saturated carbocycles. The standard InChI is InChI=1S/C18H13F3N4O2/c19-13-7-10(8-14(20)16(13)21)1-2-15(27)23-18-12(9-26)17(24-25-18)11-3-5-22-6-4-11/h1-8,26H,9H2,(H2,23,24,25,27). The SMILES string of the molecule is O=C(C=Cc1cc(F)c(F)c(F)c1)Nc1[nH]nc(-c2ccncc2)c1CO. The number of halogens is 3. The first kappa shape index (κ1) is 18.3. The van der Waals surface area contributed by atoms with Gasteiger partial charge in [-0.25, -0.2) is 13.2 Å². The van der Waals surface area contributed by atoms with Crippen LogP contribution in [-0.4, -0.2) is 26.2 Å². The van der Waals surface area contributed by atoms with Crippen LogP contribution in [0.5, 0.6) is 0 Å². The number of carbonyl (C=O) groups excluding carboxylic acids is 1. The van der Waals surface area contributed by atoms with E-state index in [-0.39, 0.29) is 18.0 Å². The van der Waals surface area contributed by atoms with Crippen molar-refractivity contribution in [2.75, 3.05) is 5.32 Å². The summed E-state index contributed by atoms with van der Waals surface area (Å²) in [4.78, 5) is 15.9. The van der Waals surface area contributed by atoms with E-state index in [1.807, 2.05) is 0 Å². The van der Waals surface area contributed by atoms with Crippen molar-refractivity contribution in [3.63, 3.8) is 0 Å². The second-order valence-electron chi connectivity index (χ2n) is 5.44. The summed E-state index contributed by atoms with van der Waals surface area (Å²) in [6.07, 6.45) is 5.26. The molecule has 0 unspecified atom stereocenters. The molecule has 3 rings (SSSR count).